The summed E-state index contributed by atoms with van der Waals surface area (Å²) in [5.41, 5.74) is -4.32. The molecule has 0 saturated heterocycles. The van der Waals surface area contributed by atoms with Gasteiger partial charge in [-0.1, -0.05) is 19.1 Å². The zero-order valence-corrected chi connectivity index (χ0v) is 12.3. The third kappa shape index (κ3) is 6.26. The molecule has 0 fully saturated rings. The number of amides is 2. The second-order valence-electron chi connectivity index (χ2n) is 4.18. The molecule has 8 heteroatoms. The van der Waals surface area contributed by atoms with Crippen molar-refractivity contribution in [3.63, 3.8) is 0 Å². The summed E-state index contributed by atoms with van der Waals surface area (Å²) in [6.07, 6.45) is 0.687. The lowest BCUT2D eigenvalue weighted by Crippen LogP contribution is -2.37. The minimum atomic E-state index is -4.42. The summed E-state index contributed by atoms with van der Waals surface area (Å²) >= 11 is -0.275. The number of anilines is 1. The summed E-state index contributed by atoms with van der Waals surface area (Å²) in [6, 6.07) is 5.20. The number of hydrogen-bond donors (Lipinski definition) is 2. The Labute approximate surface area is 125 Å². The molecule has 1 aromatic carbocycles. The number of para-hydroxylation sites is 1. The first-order chi connectivity index (χ1) is 9.87. The zero-order chi connectivity index (χ0) is 15.9. The normalized spacial score (nSPS) is 11.3. The van der Waals surface area contributed by atoms with Crippen molar-refractivity contribution in [3.05, 3.63) is 24.3 Å². The molecule has 0 aliphatic rings. The van der Waals surface area contributed by atoms with Crippen LogP contribution < -0.4 is 5.32 Å². The van der Waals surface area contributed by atoms with Gasteiger partial charge in [0.15, 0.2) is 0 Å². The van der Waals surface area contributed by atoms with E-state index in [1.807, 2.05) is 6.92 Å². The quantitative estimate of drug-likeness (QED) is 0.788. The van der Waals surface area contributed by atoms with E-state index in [1.54, 1.807) is 6.07 Å². The number of benzene rings is 1. The first-order valence-electron chi connectivity index (χ1n) is 6.39. The van der Waals surface area contributed by atoms with Crippen molar-refractivity contribution in [1.29, 1.82) is 0 Å². The number of carbonyl (C=O) groups excluding carboxylic acids is 1. The number of aliphatic hydroxyl groups is 1. The minimum absolute atomic E-state index is 0.0706. The van der Waals surface area contributed by atoms with Crippen LogP contribution in [0.15, 0.2) is 29.2 Å². The van der Waals surface area contributed by atoms with Crippen LogP contribution >= 0.6 is 11.8 Å². The molecule has 0 bridgehead atoms. The maximum atomic E-state index is 12.5. The highest BCUT2D eigenvalue weighted by atomic mass is 32.2. The third-order valence-electron chi connectivity index (χ3n) is 2.51. The van der Waals surface area contributed by atoms with Gasteiger partial charge < -0.3 is 15.3 Å². The lowest BCUT2D eigenvalue weighted by atomic mass is 10.3. The van der Waals surface area contributed by atoms with Gasteiger partial charge in [-0.3, -0.25) is 0 Å². The number of nitrogens with one attached hydrogen (secondary N) is 1. The number of urea groups is 1. The van der Waals surface area contributed by atoms with Crippen LogP contribution in [0, 0.1) is 0 Å². The molecule has 0 aliphatic carbocycles. The van der Waals surface area contributed by atoms with Crippen molar-refractivity contribution in [2.24, 2.45) is 0 Å². The Bertz CT molecular complexity index is 463. The lowest BCUT2D eigenvalue weighted by Gasteiger charge is -2.22. The molecule has 0 radical (unpaired) electrons. The molecule has 1 rings (SSSR count). The van der Waals surface area contributed by atoms with Crippen molar-refractivity contribution in [3.8, 4) is 0 Å². The van der Waals surface area contributed by atoms with E-state index in [0.29, 0.717) is 13.0 Å². The van der Waals surface area contributed by atoms with Gasteiger partial charge in [-0.15, -0.1) is 0 Å². The molecule has 0 saturated carbocycles. The number of thioether (sulfide) groups is 1. The highest BCUT2D eigenvalue weighted by molar-refractivity contribution is 8.00. The van der Waals surface area contributed by atoms with Crippen molar-refractivity contribution >= 4 is 23.5 Å². The first-order valence-corrected chi connectivity index (χ1v) is 7.20. The van der Waals surface area contributed by atoms with Crippen LogP contribution in [0.3, 0.4) is 0 Å². The molecular weight excluding hydrogens is 305 g/mol. The van der Waals surface area contributed by atoms with E-state index in [4.69, 9.17) is 5.11 Å². The third-order valence-corrected chi connectivity index (χ3v) is 3.31. The van der Waals surface area contributed by atoms with Crippen LogP contribution in [-0.4, -0.2) is 41.2 Å². The molecule has 0 atom stereocenters. The average molecular weight is 322 g/mol. The molecule has 0 spiro atoms. The van der Waals surface area contributed by atoms with Crippen LogP contribution in [0.25, 0.3) is 0 Å². The molecule has 2 N–H and O–H groups in total. The molecule has 118 valence electrons. The molecule has 21 heavy (non-hydrogen) atoms. The van der Waals surface area contributed by atoms with E-state index >= 15 is 0 Å². The fourth-order valence-electron chi connectivity index (χ4n) is 1.68. The van der Waals surface area contributed by atoms with Gasteiger partial charge in [-0.2, -0.15) is 13.2 Å². The Kier molecular flexibility index (Phi) is 6.83. The Balaban J connectivity index is 2.84. The molecule has 0 aliphatic heterocycles. The van der Waals surface area contributed by atoms with E-state index in [0.717, 1.165) is 0 Å². The number of alkyl halides is 3. The number of nitrogens with zero attached hydrogens (tertiary/aromatic N) is 1. The molecule has 2 amide bonds. The first kappa shape index (κ1) is 17.6. The minimum Gasteiger partial charge on any atom is -0.395 e. The summed E-state index contributed by atoms with van der Waals surface area (Å²) in [5.74, 6) is 0. The van der Waals surface area contributed by atoms with Crippen molar-refractivity contribution in [2.45, 2.75) is 23.7 Å². The van der Waals surface area contributed by atoms with Gasteiger partial charge in [0, 0.05) is 18.0 Å². The van der Waals surface area contributed by atoms with E-state index in [-0.39, 0.29) is 35.5 Å². The SMILES string of the molecule is CCCN(CCO)C(=O)Nc1ccccc1SC(F)(F)F. The predicted octanol–water partition coefficient (Wildman–Crippen LogP) is 3.53. The van der Waals surface area contributed by atoms with Crippen LogP contribution in [0.5, 0.6) is 0 Å². The Morgan fingerprint density at radius 2 is 2.00 bits per heavy atom. The van der Waals surface area contributed by atoms with Crippen LogP contribution in [0.2, 0.25) is 0 Å². The van der Waals surface area contributed by atoms with Crippen LogP contribution in [-0.2, 0) is 0 Å². The molecule has 0 heterocycles. The molecule has 1 aromatic rings. The Morgan fingerprint density at radius 3 is 2.57 bits per heavy atom. The number of carbonyl (C=O) groups is 1. The number of halogens is 3. The predicted molar refractivity (Wildman–Crippen MR) is 76.3 cm³/mol. The van der Waals surface area contributed by atoms with Gasteiger partial charge in [0.2, 0.25) is 0 Å². The zero-order valence-electron chi connectivity index (χ0n) is 11.5. The van der Waals surface area contributed by atoms with Crippen LogP contribution in [0.4, 0.5) is 23.7 Å². The van der Waals surface area contributed by atoms with Crippen LogP contribution in [0.1, 0.15) is 13.3 Å². The molecule has 0 aromatic heterocycles. The van der Waals surface area contributed by atoms with Crippen molar-refractivity contribution in [1.82, 2.24) is 4.90 Å². The smallest absolute Gasteiger partial charge is 0.395 e. The largest absolute Gasteiger partial charge is 0.446 e. The van der Waals surface area contributed by atoms with E-state index < -0.39 is 11.5 Å². The summed E-state index contributed by atoms with van der Waals surface area (Å²) in [6.45, 7) is 2.21. The summed E-state index contributed by atoms with van der Waals surface area (Å²) in [5, 5.41) is 11.4. The maximum Gasteiger partial charge on any atom is 0.446 e. The van der Waals surface area contributed by atoms with E-state index in [2.05, 4.69) is 5.32 Å². The fourth-order valence-corrected chi connectivity index (χ4v) is 2.31. The topological polar surface area (TPSA) is 52.6 Å². The Hall–Kier alpha value is -1.41. The summed E-state index contributed by atoms with van der Waals surface area (Å²) in [7, 11) is 0. The molecule has 0 unspecified atom stereocenters. The highest BCUT2D eigenvalue weighted by Gasteiger charge is 2.30. The average Bonchev–Trinajstić information content (AvgIpc) is 2.39. The second-order valence-corrected chi connectivity index (χ2v) is 5.29. The van der Waals surface area contributed by atoms with Gasteiger partial charge in [0.05, 0.1) is 12.3 Å². The van der Waals surface area contributed by atoms with Crippen molar-refractivity contribution in [2.75, 3.05) is 25.0 Å². The lowest BCUT2D eigenvalue weighted by molar-refractivity contribution is -0.0328. The van der Waals surface area contributed by atoms with Gasteiger partial charge in [0.1, 0.15) is 0 Å². The Morgan fingerprint density at radius 1 is 1.33 bits per heavy atom. The number of hydrogen-bond acceptors (Lipinski definition) is 3. The van der Waals surface area contributed by atoms with E-state index in [9.17, 15) is 18.0 Å². The number of rotatable bonds is 6. The molecular formula is C13H17F3N2O2S. The van der Waals surface area contributed by atoms with Gasteiger partial charge in [-0.25, -0.2) is 4.79 Å². The summed E-state index contributed by atoms with van der Waals surface area (Å²) in [4.78, 5) is 13.3. The molecule has 4 nitrogen and oxygen atoms in total. The standard InChI is InChI=1S/C13H17F3N2O2S/c1-2-7-18(8-9-19)12(20)17-10-5-3-4-6-11(10)21-13(14,15)16/h3-6,19H,2,7-9H2,1H3,(H,17,20). The maximum absolute atomic E-state index is 12.5. The highest BCUT2D eigenvalue weighted by Crippen LogP contribution is 2.40. The van der Waals surface area contributed by atoms with Gasteiger partial charge >= 0.3 is 11.5 Å². The second kappa shape index (κ2) is 8.14. The summed E-state index contributed by atoms with van der Waals surface area (Å²) < 4.78 is 37.4. The van der Waals surface area contributed by atoms with E-state index in [1.165, 1.54) is 23.1 Å². The fraction of sp³-hybridized carbons (Fsp3) is 0.462. The monoisotopic (exact) mass is 322 g/mol. The number of aliphatic hydroxyl groups excluding tert-OH is 1. The van der Waals surface area contributed by atoms with Gasteiger partial charge in [-0.05, 0) is 30.3 Å². The van der Waals surface area contributed by atoms with Gasteiger partial charge in [0.25, 0.3) is 0 Å². The van der Waals surface area contributed by atoms with Crippen molar-refractivity contribution < 1.29 is 23.1 Å².